The summed E-state index contributed by atoms with van der Waals surface area (Å²) in [6.45, 7) is 2.10. The number of pyridine rings is 1. The van der Waals surface area contributed by atoms with Crippen LogP contribution in [0.15, 0.2) is 46.0 Å². The average Bonchev–Trinajstić information content (AvgIpc) is 3.03. The number of aryl methyl sites for hydroxylation is 1. The van der Waals surface area contributed by atoms with Gasteiger partial charge in [-0.15, -0.1) is 0 Å². The van der Waals surface area contributed by atoms with Crippen molar-refractivity contribution in [1.29, 1.82) is 0 Å². The van der Waals surface area contributed by atoms with Crippen molar-refractivity contribution < 1.29 is 13.9 Å². The molecule has 5 nitrogen and oxygen atoms in total. The molecule has 0 aromatic carbocycles. The van der Waals surface area contributed by atoms with Gasteiger partial charge in [0.15, 0.2) is 0 Å². The molecule has 5 heteroatoms. The highest BCUT2D eigenvalue weighted by Crippen LogP contribution is 2.39. The van der Waals surface area contributed by atoms with Gasteiger partial charge in [0.25, 0.3) is 5.56 Å². The topological polar surface area (TPSA) is 61.4 Å². The molecule has 0 saturated heterocycles. The molecule has 0 radical (unpaired) electrons. The largest absolute Gasteiger partial charge is 0.465 e. The van der Waals surface area contributed by atoms with Gasteiger partial charge in [0.1, 0.15) is 22.8 Å². The summed E-state index contributed by atoms with van der Waals surface area (Å²) in [6.07, 6.45) is 13.0. The van der Waals surface area contributed by atoms with Crippen LogP contribution in [0.3, 0.4) is 0 Å². The van der Waals surface area contributed by atoms with Crippen LogP contribution in [0.2, 0.25) is 0 Å². The number of allylic oxidation sites excluding steroid dienone is 4. The van der Waals surface area contributed by atoms with E-state index in [1.807, 2.05) is 18.3 Å². The van der Waals surface area contributed by atoms with E-state index in [1.165, 1.54) is 17.9 Å². The summed E-state index contributed by atoms with van der Waals surface area (Å²) in [4.78, 5) is 24.5. The summed E-state index contributed by atoms with van der Waals surface area (Å²) in [5.41, 5.74) is 1.04. The quantitative estimate of drug-likeness (QED) is 0.817. The first kappa shape index (κ1) is 15.3. The first-order valence-corrected chi connectivity index (χ1v) is 7.58. The Morgan fingerprint density at radius 3 is 2.83 bits per heavy atom. The van der Waals surface area contributed by atoms with Crippen molar-refractivity contribution in [2.75, 3.05) is 7.11 Å². The van der Waals surface area contributed by atoms with Crippen LogP contribution in [-0.4, -0.2) is 17.6 Å². The van der Waals surface area contributed by atoms with Crippen molar-refractivity contribution in [2.45, 2.75) is 25.2 Å². The molecule has 0 fully saturated rings. The molecule has 0 saturated carbocycles. The van der Waals surface area contributed by atoms with Gasteiger partial charge >= 0.3 is 5.97 Å². The number of ether oxygens (including phenoxy) is 1. The minimum absolute atomic E-state index is 0.173. The van der Waals surface area contributed by atoms with Crippen LogP contribution in [0.25, 0.3) is 11.0 Å². The van der Waals surface area contributed by atoms with Gasteiger partial charge in [-0.2, -0.15) is 0 Å². The van der Waals surface area contributed by atoms with Gasteiger partial charge in [-0.1, -0.05) is 31.2 Å². The maximum absolute atomic E-state index is 12.5. The van der Waals surface area contributed by atoms with Crippen molar-refractivity contribution in [3.63, 3.8) is 0 Å². The number of carbonyl (C=O) groups is 1. The summed E-state index contributed by atoms with van der Waals surface area (Å²) >= 11 is 0. The third kappa shape index (κ3) is 2.23. The molecular formula is C18H19NO4. The molecule has 2 aromatic heterocycles. The van der Waals surface area contributed by atoms with E-state index in [2.05, 4.69) is 19.1 Å². The highest BCUT2D eigenvalue weighted by Gasteiger charge is 2.33. The molecule has 1 atom stereocenters. The van der Waals surface area contributed by atoms with Crippen molar-refractivity contribution in [3.8, 4) is 0 Å². The van der Waals surface area contributed by atoms with Crippen LogP contribution in [0.4, 0.5) is 0 Å². The Morgan fingerprint density at radius 1 is 1.43 bits per heavy atom. The molecule has 0 N–H and O–H groups in total. The van der Waals surface area contributed by atoms with Gasteiger partial charge in [-0.25, -0.2) is 4.79 Å². The van der Waals surface area contributed by atoms with Crippen molar-refractivity contribution in [2.24, 2.45) is 7.05 Å². The van der Waals surface area contributed by atoms with E-state index in [-0.39, 0.29) is 21.9 Å². The van der Waals surface area contributed by atoms with E-state index in [0.717, 1.165) is 18.4 Å². The Bertz CT molecular complexity index is 884. The lowest BCUT2D eigenvalue weighted by Gasteiger charge is -2.30. The molecule has 0 bridgehead atoms. The summed E-state index contributed by atoms with van der Waals surface area (Å²) in [5, 5.41) is 0.285. The molecule has 2 aromatic rings. The zero-order valence-corrected chi connectivity index (χ0v) is 13.5. The van der Waals surface area contributed by atoms with E-state index in [9.17, 15) is 9.59 Å². The van der Waals surface area contributed by atoms with Gasteiger partial charge in [-0.3, -0.25) is 4.79 Å². The molecule has 2 heterocycles. The number of hydrogen-bond acceptors (Lipinski definition) is 4. The van der Waals surface area contributed by atoms with Crippen LogP contribution < -0.4 is 5.56 Å². The summed E-state index contributed by atoms with van der Waals surface area (Å²) in [5.74, 6) is -0.567. The van der Waals surface area contributed by atoms with Gasteiger partial charge in [0.05, 0.1) is 7.11 Å². The zero-order chi connectivity index (χ0) is 16.6. The number of rotatable bonds is 3. The normalized spacial score (nSPS) is 20.1. The van der Waals surface area contributed by atoms with Gasteiger partial charge in [0, 0.05) is 24.2 Å². The second-order valence-electron chi connectivity index (χ2n) is 5.81. The molecule has 23 heavy (non-hydrogen) atoms. The highest BCUT2D eigenvalue weighted by atomic mass is 16.5. The number of methoxy groups -OCH3 is 1. The highest BCUT2D eigenvalue weighted by molar-refractivity contribution is 6.03. The Balaban J connectivity index is 2.35. The summed E-state index contributed by atoms with van der Waals surface area (Å²) < 4.78 is 11.9. The Labute approximate surface area is 133 Å². The molecule has 3 rings (SSSR count). The van der Waals surface area contributed by atoms with Crippen molar-refractivity contribution in [3.05, 3.63) is 58.2 Å². The third-order valence-corrected chi connectivity index (χ3v) is 4.61. The lowest BCUT2D eigenvalue weighted by molar-refractivity contribution is 0.0602. The SMILES string of the molecule is CCC1(c2cn(C)c(=O)c3c(C(=O)OC)coc23)C=CC=CC1. The Kier molecular flexibility index (Phi) is 3.72. The minimum Gasteiger partial charge on any atom is -0.465 e. The molecular weight excluding hydrogens is 294 g/mol. The predicted octanol–water partition coefficient (Wildman–Crippen LogP) is 3.08. The minimum atomic E-state index is -0.567. The van der Waals surface area contributed by atoms with Gasteiger partial charge in [0.2, 0.25) is 0 Å². The number of fused-ring (bicyclic) bond motifs is 1. The Morgan fingerprint density at radius 2 is 2.22 bits per heavy atom. The van der Waals surface area contributed by atoms with Gasteiger partial charge in [-0.05, 0) is 12.8 Å². The maximum atomic E-state index is 12.5. The molecule has 0 aliphatic heterocycles. The molecule has 120 valence electrons. The van der Waals surface area contributed by atoms with Crippen LogP contribution in [0, 0.1) is 0 Å². The molecule has 0 amide bonds. The number of furan rings is 1. The average molecular weight is 313 g/mol. The maximum Gasteiger partial charge on any atom is 0.341 e. The second-order valence-corrected chi connectivity index (χ2v) is 5.81. The van der Waals surface area contributed by atoms with E-state index in [0.29, 0.717) is 5.58 Å². The predicted molar refractivity (Wildman–Crippen MR) is 87.7 cm³/mol. The smallest absolute Gasteiger partial charge is 0.341 e. The summed E-state index contributed by atoms with van der Waals surface area (Å²) in [6, 6.07) is 0. The molecule has 1 unspecified atom stereocenters. The van der Waals surface area contributed by atoms with Crippen LogP contribution in [0.5, 0.6) is 0 Å². The van der Waals surface area contributed by atoms with E-state index >= 15 is 0 Å². The number of carbonyl (C=O) groups excluding carboxylic acids is 1. The van der Waals surface area contributed by atoms with E-state index < -0.39 is 5.97 Å². The number of hydrogen-bond donors (Lipinski definition) is 0. The van der Waals surface area contributed by atoms with E-state index in [1.54, 1.807) is 7.05 Å². The summed E-state index contributed by atoms with van der Waals surface area (Å²) in [7, 11) is 2.97. The molecule has 0 spiro atoms. The first-order valence-electron chi connectivity index (χ1n) is 7.58. The standard InChI is InChI=1S/C18H19NO4/c1-4-18(8-6-5-7-9-18)13-10-19(2)16(20)14-12(17(21)22-3)11-23-15(13)14/h5-8,10-11H,4,9H2,1-3H3. The first-order chi connectivity index (χ1) is 11.0. The van der Waals surface area contributed by atoms with Crippen molar-refractivity contribution >= 4 is 16.9 Å². The Hall–Kier alpha value is -2.56. The molecule has 1 aliphatic carbocycles. The molecule has 1 aliphatic rings. The fourth-order valence-electron chi connectivity index (χ4n) is 3.19. The second kappa shape index (κ2) is 5.57. The fourth-order valence-corrected chi connectivity index (χ4v) is 3.19. The fraction of sp³-hybridized carbons (Fsp3) is 0.333. The van der Waals surface area contributed by atoms with Crippen LogP contribution in [0.1, 0.15) is 35.7 Å². The van der Waals surface area contributed by atoms with Gasteiger partial charge < -0.3 is 13.7 Å². The lowest BCUT2D eigenvalue weighted by atomic mass is 9.73. The van der Waals surface area contributed by atoms with Crippen LogP contribution in [-0.2, 0) is 17.2 Å². The third-order valence-electron chi connectivity index (χ3n) is 4.61. The zero-order valence-electron chi connectivity index (χ0n) is 13.5. The van der Waals surface area contributed by atoms with Crippen molar-refractivity contribution in [1.82, 2.24) is 4.57 Å². The number of esters is 1. The van der Waals surface area contributed by atoms with E-state index in [4.69, 9.17) is 9.15 Å². The number of nitrogens with zero attached hydrogens (tertiary/aromatic N) is 1. The lowest BCUT2D eigenvalue weighted by Crippen LogP contribution is -2.27. The monoisotopic (exact) mass is 313 g/mol. The van der Waals surface area contributed by atoms with Crippen LogP contribution >= 0.6 is 0 Å². The number of aromatic nitrogens is 1.